The molecule has 1 aromatic carbocycles. The minimum Gasteiger partial charge on any atom is -0.336 e. The van der Waals surface area contributed by atoms with E-state index in [-0.39, 0.29) is 24.3 Å². The van der Waals surface area contributed by atoms with Crippen molar-refractivity contribution >= 4 is 17.5 Å². The van der Waals surface area contributed by atoms with Crippen molar-refractivity contribution in [3.63, 3.8) is 0 Å². The summed E-state index contributed by atoms with van der Waals surface area (Å²) in [5.74, 6) is -0.367. The van der Waals surface area contributed by atoms with Gasteiger partial charge in [0.25, 0.3) is 0 Å². The molecule has 2 N–H and O–H groups in total. The second kappa shape index (κ2) is 7.78. The number of hydrogen-bond donors (Lipinski definition) is 2. The lowest BCUT2D eigenvalue weighted by atomic mass is 10.1. The molecule has 1 aromatic rings. The molecule has 0 radical (unpaired) electrons. The molecule has 1 rings (SSSR count). The van der Waals surface area contributed by atoms with Gasteiger partial charge in [-0.2, -0.15) is 0 Å². The van der Waals surface area contributed by atoms with E-state index in [1.807, 2.05) is 39.0 Å². The van der Waals surface area contributed by atoms with E-state index in [1.54, 1.807) is 14.1 Å². The summed E-state index contributed by atoms with van der Waals surface area (Å²) in [7, 11) is 3.45. The zero-order valence-electron chi connectivity index (χ0n) is 13.5. The maximum atomic E-state index is 12.1. The van der Waals surface area contributed by atoms with Crippen molar-refractivity contribution < 1.29 is 9.59 Å². The number of rotatable bonds is 6. The Kier molecular flexibility index (Phi) is 6.37. The highest BCUT2D eigenvalue weighted by Gasteiger charge is 2.19. The van der Waals surface area contributed by atoms with Crippen molar-refractivity contribution in [2.75, 3.05) is 32.5 Å². The SMILES string of the molecule is CNCC(C)C(=O)N(C)CC(=O)Nc1c(C)cccc1C. The highest BCUT2D eigenvalue weighted by atomic mass is 16.2. The van der Waals surface area contributed by atoms with E-state index in [4.69, 9.17) is 0 Å². The second-order valence-corrected chi connectivity index (χ2v) is 5.47. The minimum absolute atomic E-state index is 0.0407. The van der Waals surface area contributed by atoms with Crippen LogP contribution in [0, 0.1) is 19.8 Å². The van der Waals surface area contributed by atoms with Crippen LogP contribution in [0.15, 0.2) is 18.2 Å². The largest absolute Gasteiger partial charge is 0.336 e. The number of carbonyl (C=O) groups is 2. The van der Waals surface area contributed by atoms with Crippen molar-refractivity contribution in [1.29, 1.82) is 0 Å². The number of aryl methyl sites for hydroxylation is 2. The second-order valence-electron chi connectivity index (χ2n) is 5.47. The molecular formula is C16H25N3O2. The molecule has 21 heavy (non-hydrogen) atoms. The quantitative estimate of drug-likeness (QED) is 0.836. The van der Waals surface area contributed by atoms with E-state index in [0.717, 1.165) is 16.8 Å². The van der Waals surface area contributed by atoms with E-state index >= 15 is 0 Å². The molecule has 0 saturated heterocycles. The molecule has 0 aromatic heterocycles. The molecule has 5 heteroatoms. The van der Waals surface area contributed by atoms with Crippen LogP contribution >= 0.6 is 0 Å². The molecule has 5 nitrogen and oxygen atoms in total. The third kappa shape index (κ3) is 4.86. The summed E-state index contributed by atoms with van der Waals surface area (Å²) in [5.41, 5.74) is 2.85. The van der Waals surface area contributed by atoms with Crippen molar-refractivity contribution in [3.8, 4) is 0 Å². The molecule has 1 unspecified atom stereocenters. The summed E-state index contributed by atoms with van der Waals surface area (Å²) in [6.07, 6.45) is 0. The van der Waals surface area contributed by atoms with Gasteiger partial charge in [0, 0.05) is 25.2 Å². The predicted octanol–water partition coefficient (Wildman–Crippen LogP) is 1.56. The first-order valence-electron chi connectivity index (χ1n) is 7.12. The summed E-state index contributed by atoms with van der Waals surface area (Å²) in [5, 5.41) is 5.85. The fraction of sp³-hybridized carbons (Fsp3) is 0.500. The first kappa shape index (κ1) is 17.2. The van der Waals surface area contributed by atoms with E-state index in [2.05, 4.69) is 10.6 Å². The number of nitrogens with one attached hydrogen (secondary N) is 2. The Balaban J connectivity index is 2.63. The molecule has 0 fully saturated rings. The fourth-order valence-electron chi connectivity index (χ4n) is 2.25. The molecule has 0 bridgehead atoms. The van der Waals surface area contributed by atoms with Crippen LogP contribution in [0.5, 0.6) is 0 Å². The van der Waals surface area contributed by atoms with Gasteiger partial charge in [-0.3, -0.25) is 9.59 Å². The summed E-state index contributed by atoms with van der Waals surface area (Å²) in [6.45, 7) is 6.40. The molecule has 116 valence electrons. The van der Waals surface area contributed by atoms with Crippen LogP contribution in [0.4, 0.5) is 5.69 Å². The Morgan fingerprint density at radius 3 is 2.33 bits per heavy atom. The molecular weight excluding hydrogens is 266 g/mol. The molecule has 1 atom stereocenters. The van der Waals surface area contributed by atoms with Crippen molar-refractivity contribution in [2.45, 2.75) is 20.8 Å². The smallest absolute Gasteiger partial charge is 0.243 e. The number of amides is 2. The topological polar surface area (TPSA) is 61.4 Å². The number of nitrogens with zero attached hydrogens (tertiary/aromatic N) is 1. The number of benzene rings is 1. The average Bonchev–Trinajstić information content (AvgIpc) is 2.42. The van der Waals surface area contributed by atoms with Crippen LogP contribution in [-0.4, -0.2) is 43.9 Å². The van der Waals surface area contributed by atoms with Crippen LogP contribution in [0.2, 0.25) is 0 Å². The molecule has 0 aliphatic rings. The van der Waals surface area contributed by atoms with Gasteiger partial charge >= 0.3 is 0 Å². The number of likely N-dealkylation sites (N-methyl/N-ethyl adjacent to an activating group) is 1. The molecule has 0 saturated carbocycles. The zero-order valence-corrected chi connectivity index (χ0v) is 13.5. The van der Waals surface area contributed by atoms with Gasteiger partial charge in [-0.25, -0.2) is 0 Å². The van der Waals surface area contributed by atoms with Crippen LogP contribution in [0.25, 0.3) is 0 Å². The Morgan fingerprint density at radius 2 is 1.81 bits per heavy atom. The van der Waals surface area contributed by atoms with Crippen molar-refractivity contribution in [3.05, 3.63) is 29.3 Å². The van der Waals surface area contributed by atoms with Crippen LogP contribution in [-0.2, 0) is 9.59 Å². The van der Waals surface area contributed by atoms with Gasteiger partial charge in [0.15, 0.2) is 0 Å². The van der Waals surface area contributed by atoms with Gasteiger partial charge in [-0.05, 0) is 32.0 Å². The molecule has 0 spiro atoms. The monoisotopic (exact) mass is 291 g/mol. The third-order valence-corrected chi connectivity index (χ3v) is 3.43. The van der Waals surface area contributed by atoms with Gasteiger partial charge in [-0.15, -0.1) is 0 Å². The first-order valence-corrected chi connectivity index (χ1v) is 7.12. The molecule has 0 heterocycles. The summed E-state index contributed by atoms with van der Waals surface area (Å²) >= 11 is 0. The summed E-state index contributed by atoms with van der Waals surface area (Å²) < 4.78 is 0. The summed E-state index contributed by atoms with van der Waals surface area (Å²) in [4.78, 5) is 25.6. The van der Waals surface area contributed by atoms with E-state index < -0.39 is 0 Å². The fourth-order valence-corrected chi connectivity index (χ4v) is 2.25. The van der Waals surface area contributed by atoms with E-state index in [0.29, 0.717) is 6.54 Å². The van der Waals surface area contributed by atoms with Crippen molar-refractivity contribution in [2.24, 2.45) is 5.92 Å². The minimum atomic E-state index is -0.181. The number of para-hydroxylation sites is 1. The standard InChI is InChI=1S/C16H25N3O2/c1-11-7-6-8-12(2)15(11)18-14(20)10-19(5)16(21)13(3)9-17-4/h6-8,13,17H,9-10H2,1-5H3,(H,18,20). The van der Waals surface area contributed by atoms with Crippen molar-refractivity contribution in [1.82, 2.24) is 10.2 Å². The van der Waals surface area contributed by atoms with Crippen LogP contribution in [0.1, 0.15) is 18.1 Å². The Bertz CT molecular complexity index is 494. The molecule has 0 aliphatic carbocycles. The molecule has 2 amide bonds. The highest BCUT2D eigenvalue weighted by Crippen LogP contribution is 2.19. The zero-order chi connectivity index (χ0) is 16.0. The number of anilines is 1. The van der Waals surface area contributed by atoms with Gasteiger partial charge in [-0.1, -0.05) is 25.1 Å². The predicted molar refractivity (Wildman–Crippen MR) is 85.3 cm³/mol. The Labute approximate surface area is 126 Å². The van der Waals surface area contributed by atoms with E-state index in [9.17, 15) is 9.59 Å². The maximum absolute atomic E-state index is 12.1. The van der Waals surface area contributed by atoms with Crippen LogP contribution < -0.4 is 10.6 Å². The third-order valence-electron chi connectivity index (χ3n) is 3.43. The lowest BCUT2D eigenvalue weighted by Gasteiger charge is -2.21. The van der Waals surface area contributed by atoms with Crippen LogP contribution in [0.3, 0.4) is 0 Å². The van der Waals surface area contributed by atoms with Gasteiger partial charge in [0.2, 0.25) is 11.8 Å². The van der Waals surface area contributed by atoms with Gasteiger partial charge < -0.3 is 15.5 Å². The maximum Gasteiger partial charge on any atom is 0.243 e. The lowest BCUT2D eigenvalue weighted by Crippen LogP contribution is -2.40. The van der Waals surface area contributed by atoms with Gasteiger partial charge in [0.1, 0.15) is 0 Å². The highest BCUT2D eigenvalue weighted by molar-refractivity contribution is 5.95. The number of hydrogen-bond acceptors (Lipinski definition) is 3. The molecule has 0 aliphatic heterocycles. The summed E-state index contributed by atoms with van der Waals surface area (Å²) in [6, 6.07) is 5.86. The first-order chi connectivity index (χ1) is 9.86. The lowest BCUT2D eigenvalue weighted by molar-refractivity contribution is -0.136. The Hall–Kier alpha value is -1.88. The van der Waals surface area contributed by atoms with Gasteiger partial charge in [0.05, 0.1) is 6.54 Å². The average molecular weight is 291 g/mol. The Morgan fingerprint density at radius 1 is 1.24 bits per heavy atom. The number of carbonyl (C=O) groups excluding carboxylic acids is 2. The van der Waals surface area contributed by atoms with E-state index in [1.165, 1.54) is 4.90 Å². The normalized spacial score (nSPS) is 11.9.